The van der Waals surface area contributed by atoms with Crippen molar-refractivity contribution in [3.05, 3.63) is 51.7 Å². The van der Waals surface area contributed by atoms with Crippen molar-refractivity contribution in [2.45, 2.75) is 6.61 Å². The van der Waals surface area contributed by atoms with Gasteiger partial charge in [-0.25, -0.2) is 4.98 Å². The zero-order valence-corrected chi connectivity index (χ0v) is 12.0. The summed E-state index contributed by atoms with van der Waals surface area (Å²) in [6.07, 6.45) is 1.59. The molecule has 2 rings (SSSR count). The van der Waals surface area contributed by atoms with E-state index in [0.29, 0.717) is 17.5 Å². The van der Waals surface area contributed by atoms with Gasteiger partial charge in [-0.1, -0.05) is 27.5 Å². The Morgan fingerprint density at radius 1 is 1.28 bits per heavy atom. The number of aromatic nitrogens is 1. The fraction of sp³-hybridized carbons (Fsp3) is 0.154. The second-order valence-corrected chi connectivity index (χ2v) is 4.86. The standard InChI is InChI=1S/C13H11BrClNO2/c1-17-12-4-2-10(14)6-9(12)8-18-11-3-5-13(15)16-7-11/h2-7H,8H2,1H3. The summed E-state index contributed by atoms with van der Waals surface area (Å²) in [6, 6.07) is 9.24. The maximum absolute atomic E-state index is 5.70. The second kappa shape index (κ2) is 6.07. The van der Waals surface area contributed by atoms with E-state index in [-0.39, 0.29) is 0 Å². The molecule has 94 valence electrons. The zero-order valence-electron chi connectivity index (χ0n) is 9.69. The number of ether oxygens (including phenoxy) is 2. The van der Waals surface area contributed by atoms with Crippen LogP contribution in [0.1, 0.15) is 5.56 Å². The Kier molecular flexibility index (Phi) is 4.44. The number of methoxy groups -OCH3 is 1. The molecule has 0 aliphatic carbocycles. The van der Waals surface area contributed by atoms with E-state index in [2.05, 4.69) is 20.9 Å². The van der Waals surface area contributed by atoms with Gasteiger partial charge in [0.15, 0.2) is 0 Å². The van der Waals surface area contributed by atoms with Crippen molar-refractivity contribution < 1.29 is 9.47 Å². The van der Waals surface area contributed by atoms with Crippen LogP contribution in [0, 0.1) is 0 Å². The summed E-state index contributed by atoms with van der Waals surface area (Å²) in [5, 5.41) is 0.447. The first kappa shape index (κ1) is 13.2. The number of benzene rings is 1. The van der Waals surface area contributed by atoms with Crippen LogP contribution in [-0.4, -0.2) is 12.1 Å². The predicted octanol–water partition coefficient (Wildman–Crippen LogP) is 4.09. The molecule has 18 heavy (non-hydrogen) atoms. The lowest BCUT2D eigenvalue weighted by atomic mass is 10.2. The number of hydrogen-bond donors (Lipinski definition) is 0. The van der Waals surface area contributed by atoms with E-state index in [4.69, 9.17) is 21.1 Å². The summed E-state index contributed by atoms with van der Waals surface area (Å²) in [5.74, 6) is 1.46. The topological polar surface area (TPSA) is 31.4 Å². The van der Waals surface area contributed by atoms with Crippen LogP contribution in [0.5, 0.6) is 11.5 Å². The van der Waals surface area contributed by atoms with Gasteiger partial charge in [-0.2, -0.15) is 0 Å². The van der Waals surface area contributed by atoms with Gasteiger partial charge >= 0.3 is 0 Å². The Labute approximate surface area is 119 Å². The molecule has 0 fully saturated rings. The largest absolute Gasteiger partial charge is 0.496 e. The average molecular weight is 329 g/mol. The molecule has 0 unspecified atom stereocenters. The van der Waals surface area contributed by atoms with Crippen LogP contribution >= 0.6 is 27.5 Å². The smallest absolute Gasteiger partial charge is 0.138 e. The summed E-state index contributed by atoms with van der Waals surface area (Å²) in [7, 11) is 1.64. The first-order valence-electron chi connectivity index (χ1n) is 5.26. The van der Waals surface area contributed by atoms with E-state index in [1.807, 2.05) is 18.2 Å². The van der Waals surface area contributed by atoms with Crippen LogP contribution < -0.4 is 9.47 Å². The minimum Gasteiger partial charge on any atom is -0.496 e. The maximum atomic E-state index is 5.70. The van der Waals surface area contributed by atoms with E-state index >= 15 is 0 Å². The highest BCUT2D eigenvalue weighted by atomic mass is 79.9. The van der Waals surface area contributed by atoms with Crippen molar-refractivity contribution in [3.63, 3.8) is 0 Å². The van der Waals surface area contributed by atoms with Crippen molar-refractivity contribution in [1.29, 1.82) is 0 Å². The average Bonchev–Trinajstić information content (AvgIpc) is 2.38. The van der Waals surface area contributed by atoms with Crippen molar-refractivity contribution in [1.82, 2.24) is 4.98 Å². The SMILES string of the molecule is COc1ccc(Br)cc1COc1ccc(Cl)nc1. The van der Waals surface area contributed by atoms with Crippen molar-refractivity contribution in [2.75, 3.05) is 7.11 Å². The zero-order chi connectivity index (χ0) is 13.0. The molecule has 0 atom stereocenters. The molecule has 0 spiro atoms. The molecule has 0 aliphatic heterocycles. The van der Waals surface area contributed by atoms with Crippen molar-refractivity contribution in [2.24, 2.45) is 0 Å². The van der Waals surface area contributed by atoms with Gasteiger partial charge in [-0.05, 0) is 30.3 Å². The molecule has 0 aliphatic rings. The van der Waals surface area contributed by atoms with Gasteiger partial charge in [-0.15, -0.1) is 0 Å². The van der Waals surface area contributed by atoms with Crippen LogP contribution in [0.4, 0.5) is 0 Å². The Morgan fingerprint density at radius 2 is 2.11 bits per heavy atom. The third kappa shape index (κ3) is 3.37. The van der Waals surface area contributed by atoms with Crippen LogP contribution in [-0.2, 0) is 6.61 Å². The lowest BCUT2D eigenvalue weighted by molar-refractivity contribution is 0.295. The third-order valence-electron chi connectivity index (χ3n) is 2.34. The molecule has 1 aromatic carbocycles. The highest BCUT2D eigenvalue weighted by Crippen LogP contribution is 2.24. The fourth-order valence-electron chi connectivity index (χ4n) is 1.47. The van der Waals surface area contributed by atoms with Gasteiger partial charge < -0.3 is 9.47 Å². The van der Waals surface area contributed by atoms with E-state index in [9.17, 15) is 0 Å². The maximum Gasteiger partial charge on any atom is 0.138 e. The molecule has 0 bridgehead atoms. The Hall–Kier alpha value is -1.26. The minimum atomic E-state index is 0.409. The quantitative estimate of drug-likeness (QED) is 0.792. The van der Waals surface area contributed by atoms with Crippen LogP contribution in [0.25, 0.3) is 0 Å². The van der Waals surface area contributed by atoms with Crippen LogP contribution in [0.15, 0.2) is 41.0 Å². The van der Waals surface area contributed by atoms with Gasteiger partial charge in [0.2, 0.25) is 0 Å². The van der Waals surface area contributed by atoms with E-state index in [0.717, 1.165) is 15.8 Å². The Morgan fingerprint density at radius 3 is 2.78 bits per heavy atom. The number of hydrogen-bond acceptors (Lipinski definition) is 3. The summed E-state index contributed by atoms with van der Waals surface area (Å²) in [4.78, 5) is 3.95. The molecule has 0 amide bonds. The van der Waals surface area contributed by atoms with Gasteiger partial charge in [0, 0.05) is 10.0 Å². The predicted molar refractivity (Wildman–Crippen MR) is 74.3 cm³/mol. The summed E-state index contributed by atoms with van der Waals surface area (Å²) < 4.78 is 11.9. The molecule has 2 aromatic rings. The van der Waals surface area contributed by atoms with Gasteiger partial charge in [0.25, 0.3) is 0 Å². The monoisotopic (exact) mass is 327 g/mol. The fourth-order valence-corrected chi connectivity index (χ4v) is 1.99. The highest BCUT2D eigenvalue weighted by molar-refractivity contribution is 9.10. The molecule has 0 saturated heterocycles. The van der Waals surface area contributed by atoms with Crippen LogP contribution in [0.2, 0.25) is 5.15 Å². The number of halogens is 2. The first-order chi connectivity index (χ1) is 8.69. The summed E-state index contributed by atoms with van der Waals surface area (Å²) >= 11 is 9.12. The molecule has 3 nitrogen and oxygen atoms in total. The lowest BCUT2D eigenvalue weighted by Gasteiger charge is -2.10. The normalized spacial score (nSPS) is 10.2. The van der Waals surface area contributed by atoms with E-state index in [1.54, 1.807) is 25.4 Å². The number of nitrogens with zero attached hydrogens (tertiary/aromatic N) is 1. The Balaban J connectivity index is 2.09. The molecule has 0 radical (unpaired) electrons. The minimum absolute atomic E-state index is 0.409. The number of rotatable bonds is 4. The molecule has 5 heteroatoms. The number of pyridine rings is 1. The molecule has 0 N–H and O–H groups in total. The van der Waals surface area contributed by atoms with E-state index in [1.165, 1.54) is 0 Å². The molecule has 1 aromatic heterocycles. The highest BCUT2D eigenvalue weighted by Gasteiger charge is 2.05. The third-order valence-corrected chi connectivity index (χ3v) is 3.05. The molecule has 0 saturated carbocycles. The summed E-state index contributed by atoms with van der Waals surface area (Å²) in [6.45, 7) is 0.409. The molecular weight excluding hydrogens is 318 g/mol. The Bertz CT molecular complexity index is 531. The van der Waals surface area contributed by atoms with Gasteiger partial charge in [0.05, 0.1) is 13.3 Å². The molecular formula is C13H11BrClNO2. The van der Waals surface area contributed by atoms with Gasteiger partial charge in [-0.3, -0.25) is 0 Å². The second-order valence-electron chi connectivity index (χ2n) is 3.56. The van der Waals surface area contributed by atoms with Crippen molar-refractivity contribution in [3.8, 4) is 11.5 Å². The van der Waals surface area contributed by atoms with Crippen LogP contribution in [0.3, 0.4) is 0 Å². The summed E-state index contributed by atoms with van der Waals surface area (Å²) in [5.41, 5.74) is 0.960. The van der Waals surface area contributed by atoms with Gasteiger partial charge in [0.1, 0.15) is 23.3 Å². The molecule has 1 heterocycles. The lowest BCUT2D eigenvalue weighted by Crippen LogP contribution is -1.99. The van der Waals surface area contributed by atoms with Crippen molar-refractivity contribution >= 4 is 27.5 Å². The first-order valence-corrected chi connectivity index (χ1v) is 6.43. The van der Waals surface area contributed by atoms with E-state index < -0.39 is 0 Å².